The van der Waals surface area contributed by atoms with Crippen LogP contribution in [-0.2, 0) is 12.8 Å². The second-order valence-electron chi connectivity index (χ2n) is 5.59. The zero-order valence-corrected chi connectivity index (χ0v) is 11.7. The Morgan fingerprint density at radius 1 is 1.10 bits per heavy atom. The van der Waals surface area contributed by atoms with Crippen molar-refractivity contribution in [3.05, 3.63) is 53.3 Å². The molecule has 4 rings (SSSR count). The monoisotopic (exact) mass is 279 g/mol. The van der Waals surface area contributed by atoms with Crippen molar-refractivity contribution < 1.29 is 0 Å². The van der Waals surface area contributed by atoms with Crippen molar-refractivity contribution in [2.75, 3.05) is 11.5 Å². The Morgan fingerprint density at radius 2 is 1.90 bits per heavy atom. The molecule has 2 aromatic heterocycles. The molecule has 4 N–H and O–H groups in total. The summed E-state index contributed by atoms with van der Waals surface area (Å²) in [4.78, 5) is 8.82. The van der Waals surface area contributed by atoms with Gasteiger partial charge in [-0.2, -0.15) is 4.98 Å². The summed E-state index contributed by atoms with van der Waals surface area (Å²) >= 11 is 0. The first-order valence-corrected chi connectivity index (χ1v) is 7.19. The van der Waals surface area contributed by atoms with Crippen LogP contribution in [0.25, 0.3) is 5.65 Å². The van der Waals surface area contributed by atoms with E-state index in [1.165, 1.54) is 11.3 Å². The van der Waals surface area contributed by atoms with E-state index in [9.17, 15) is 0 Å². The zero-order chi connectivity index (χ0) is 14.4. The van der Waals surface area contributed by atoms with Crippen LogP contribution in [-0.4, -0.2) is 14.4 Å². The van der Waals surface area contributed by atoms with Crippen molar-refractivity contribution in [3.8, 4) is 0 Å². The smallest absolute Gasteiger partial charge is 0.208 e. The highest BCUT2D eigenvalue weighted by atomic mass is 15.2. The number of nitrogens with zero attached hydrogens (tertiary/aromatic N) is 3. The Hall–Kier alpha value is -2.56. The van der Waals surface area contributed by atoms with E-state index < -0.39 is 0 Å². The topological polar surface area (TPSA) is 82.2 Å². The predicted octanol–water partition coefficient (Wildman–Crippen LogP) is 2.17. The van der Waals surface area contributed by atoms with Gasteiger partial charge in [-0.15, -0.1) is 0 Å². The lowest BCUT2D eigenvalue weighted by Gasteiger charge is -2.22. The van der Waals surface area contributed by atoms with Crippen LogP contribution in [0.3, 0.4) is 0 Å². The zero-order valence-electron chi connectivity index (χ0n) is 11.7. The molecule has 0 radical (unpaired) electrons. The van der Waals surface area contributed by atoms with Crippen molar-refractivity contribution in [2.45, 2.75) is 25.2 Å². The Labute approximate surface area is 122 Å². The molecule has 0 spiro atoms. The molecule has 0 fully saturated rings. The van der Waals surface area contributed by atoms with E-state index >= 15 is 0 Å². The summed E-state index contributed by atoms with van der Waals surface area (Å²) in [6.07, 6.45) is 3.02. The fraction of sp³-hybridized carbons (Fsp3) is 0.250. The van der Waals surface area contributed by atoms with Gasteiger partial charge in [-0.1, -0.05) is 30.3 Å². The summed E-state index contributed by atoms with van der Waals surface area (Å²) in [7, 11) is 0. The van der Waals surface area contributed by atoms with Gasteiger partial charge in [-0.3, -0.25) is 4.40 Å². The maximum Gasteiger partial charge on any atom is 0.208 e. The average molecular weight is 279 g/mol. The minimum Gasteiger partial charge on any atom is -0.383 e. The Kier molecular flexibility index (Phi) is 2.60. The fourth-order valence-corrected chi connectivity index (χ4v) is 3.28. The van der Waals surface area contributed by atoms with Crippen molar-refractivity contribution in [2.24, 2.45) is 0 Å². The first-order valence-electron chi connectivity index (χ1n) is 7.19. The van der Waals surface area contributed by atoms with E-state index in [2.05, 4.69) is 40.3 Å². The molecular weight excluding hydrogens is 262 g/mol. The van der Waals surface area contributed by atoms with E-state index in [0.717, 1.165) is 30.6 Å². The van der Waals surface area contributed by atoms with Crippen molar-refractivity contribution in [1.29, 1.82) is 0 Å². The third-order valence-corrected chi connectivity index (χ3v) is 4.27. The van der Waals surface area contributed by atoms with Gasteiger partial charge in [0.2, 0.25) is 5.95 Å². The number of nitrogen functional groups attached to an aromatic ring is 2. The van der Waals surface area contributed by atoms with Gasteiger partial charge in [0.15, 0.2) is 0 Å². The Bertz CT molecular complexity index is 806. The highest BCUT2D eigenvalue weighted by Crippen LogP contribution is 2.33. The largest absolute Gasteiger partial charge is 0.383 e. The number of benzene rings is 1. The van der Waals surface area contributed by atoms with Crippen molar-refractivity contribution in [3.63, 3.8) is 0 Å². The lowest BCUT2D eigenvalue weighted by atomic mass is 9.84. The lowest BCUT2D eigenvalue weighted by molar-refractivity contribution is 0.568. The van der Waals surface area contributed by atoms with Crippen molar-refractivity contribution >= 4 is 17.4 Å². The first-order chi connectivity index (χ1) is 10.2. The number of aromatic nitrogens is 3. The summed E-state index contributed by atoms with van der Waals surface area (Å²) in [6, 6.07) is 12.4. The molecule has 3 aromatic rings. The molecule has 0 amide bonds. The van der Waals surface area contributed by atoms with E-state index in [-0.39, 0.29) is 0 Å². The van der Waals surface area contributed by atoms with Crippen molar-refractivity contribution in [1.82, 2.24) is 14.4 Å². The predicted molar refractivity (Wildman–Crippen MR) is 83.0 cm³/mol. The van der Waals surface area contributed by atoms with Gasteiger partial charge in [-0.25, -0.2) is 4.98 Å². The molecule has 21 heavy (non-hydrogen) atoms. The summed E-state index contributed by atoms with van der Waals surface area (Å²) in [5, 5.41) is 0. The molecule has 106 valence electrons. The third-order valence-electron chi connectivity index (χ3n) is 4.27. The van der Waals surface area contributed by atoms with Gasteiger partial charge in [0.05, 0.1) is 5.69 Å². The van der Waals surface area contributed by atoms with E-state index in [0.29, 0.717) is 17.7 Å². The SMILES string of the molecule is Nc1cc2nc3c(n2c(N)n1)CC(c1ccccc1)CC3. The molecule has 1 aromatic carbocycles. The van der Waals surface area contributed by atoms with Gasteiger partial charge in [0, 0.05) is 11.8 Å². The van der Waals surface area contributed by atoms with E-state index in [1.54, 1.807) is 6.07 Å². The molecule has 5 heteroatoms. The molecule has 1 aliphatic rings. The molecule has 0 bridgehead atoms. The minimum atomic E-state index is 0.418. The van der Waals surface area contributed by atoms with Crippen LogP contribution in [0.15, 0.2) is 36.4 Å². The number of hydrogen-bond donors (Lipinski definition) is 2. The van der Waals surface area contributed by atoms with Gasteiger partial charge < -0.3 is 11.5 Å². The lowest BCUT2D eigenvalue weighted by Crippen LogP contribution is -2.15. The standard InChI is InChI=1S/C16H17N5/c17-14-9-15-19-12-7-6-11(10-4-2-1-3-5-10)8-13(12)21(15)16(18)20-14/h1-5,9,11H,6-8,17H2,(H2,18,20). The van der Waals surface area contributed by atoms with Crippen LogP contribution < -0.4 is 11.5 Å². The van der Waals surface area contributed by atoms with Gasteiger partial charge in [0.1, 0.15) is 11.5 Å². The maximum absolute atomic E-state index is 6.04. The molecule has 1 aliphatic carbocycles. The third kappa shape index (κ3) is 1.93. The Morgan fingerprint density at radius 3 is 2.71 bits per heavy atom. The summed E-state index contributed by atoms with van der Waals surface area (Å²) < 4.78 is 1.95. The van der Waals surface area contributed by atoms with Crippen LogP contribution in [0.2, 0.25) is 0 Å². The summed E-state index contributed by atoms with van der Waals surface area (Å²) in [6.45, 7) is 0. The second-order valence-corrected chi connectivity index (χ2v) is 5.59. The van der Waals surface area contributed by atoms with Crippen LogP contribution in [0, 0.1) is 0 Å². The normalized spacial score (nSPS) is 17.8. The number of imidazole rings is 1. The number of anilines is 2. The first kappa shape index (κ1) is 12.2. The minimum absolute atomic E-state index is 0.418. The summed E-state index contributed by atoms with van der Waals surface area (Å²) in [5.74, 6) is 1.35. The number of hydrogen-bond acceptors (Lipinski definition) is 4. The second kappa shape index (κ2) is 4.48. The van der Waals surface area contributed by atoms with Crippen LogP contribution in [0.5, 0.6) is 0 Å². The van der Waals surface area contributed by atoms with E-state index in [4.69, 9.17) is 11.5 Å². The van der Waals surface area contributed by atoms with Crippen LogP contribution >= 0.6 is 0 Å². The number of rotatable bonds is 1. The number of aryl methyl sites for hydroxylation is 1. The fourth-order valence-electron chi connectivity index (χ4n) is 3.28. The van der Waals surface area contributed by atoms with Crippen LogP contribution in [0.4, 0.5) is 11.8 Å². The molecule has 0 saturated heterocycles. The molecule has 1 unspecified atom stereocenters. The Balaban J connectivity index is 1.81. The van der Waals surface area contributed by atoms with Gasteiger partial charge >= 0.3 is 0 Å². The quantitative estimate of drug-likeness (QED) is 0.715. The number of nitrogens with two attached hydrogens (primary N) is 2. The molecule has 0 aliphatic heterocycles. The van der Waals surface area contributed by atoms with Gasteiger partial charge in [-0.05, 0) is 30.7 Å². The van der Waals surface area contributed by atoms with E-state index in [1.807, 2.05) is 4.40 Å². The highest BCUT2D eigenvalue weighted by molar-refractivity contribution is 5.56. The molecule has 2 heterocycles. The molecule has 1 atom stereocenters. The highest BCUT2D eigenvalue weighted by Gasteiger charge is 2.25. The molecular formula is C16H17N5. The summed E-state index contributed by atoms with van der Waals surface area (Å²) in [5.41, 5.74) is 16.3. The average Bonchev–Trinajstić information content (AvgIpc) is 2.85. The maximum atomic E-state index is 6.04. The molecule has 5 nitrogen and oxygen atoms in total. The number of fused-ring (bicyclic) bond motifs is 3. The van der Waals surface area contributed by atoms with Gasteiger partial charge in [0.25, 0.3) is 0 Å². The molecule has 0 saturated carbocycles. The van der Waals surface area contributed by atoms with Crippen LogP contribution in [0.1, 0.15) is 29.3 Å².